The van der Waals surface area contributed by atoms with Gasteiger partial charge in [-0.2, -0.15) is 0 Å². The van der Waals surface area contributed by atoms with E-state index in [1.54, 1.807) is 0 Å². The molecule has 0 aromatic rings. The first-order valence-electron chi connectivity index (χ1n) is 9.54. The number of rotatable bonds is 5. The molecule has 3 atom stereocenters. The first-order valence-corrected chi connectivity index (χ1v) is 9.54. The lowest BCUT2D eigenvalue weighted by Crippen LogP contribution is -2.58. The smallest absolute Gasteiger partial charge is 0.318 e. The van der Waals surface area contributed by atoms with Gasteiger partial charge in [-0.15, -0.1) is 0 Å². The molecule has 0 spiro atoms. The number of hydrogen-bond donors (Lipinski definition) is 2. The zero-order valence-electron chi connectivity index (χ0n) is 14.9. The molecule has 0 radical (unpaired) electrons. The number of amides is 2. The summed E-state index contributed by atoms with van der Waals surface area (Å²) in [6, 6.07) is 1.36. The van der Waals surface area contributed by atoms with Gasteiger partial charge in [-0.05, 0) is 51.5 Å². The molecule has 3 rings (SSSR count). The number of likely N-dealkylation sites (N-methyl/N-ethyl adjacent to an activating group) is 1. The van der Waals surface area contributed by atoms with Crippen molar-refractivity contribution in [2.75, 3.05) is 13.1 Å². The summed E-state index contributed by atoms with van der Waals surface area (Å²) in [4.78, 5) is 27.7. The first kappa shape index (κ1) is 17.5. The highest BCUT2D eigenvalue weighted by atomic mass is 16.4. The van der Waals surface area contributed by atoms with Gasteiger partial charge >= 0.3 is 12.0 Å². The van der Waals surface area contributed by atoms with Crippen LogP contribution in [0.5, 0.6) is 0 Å². The number of urea groups is 1. The molecule has 2 aliphatic carbocycles. The van der Waals surface area contributed by atoms with Crippen molar-refractivity contribution in [3.05, 3.63) is 0 Å². The maximum Gasteiger partial charge on any atom is 0.318 e. The van der Waals surface area contributed by atoms with Crippen molar-refractivity contribution in [3.63, 3.8) is 0 Å². The van der Waals surface area contributed by atoms with Crippen LogP contribution in [-0.2, 0) is 4.79 Å². The molecule has 0 aromatic heterocycles. The average molecular weight is 337 g/mol. The minimum atomic E-state index is -0.779. The summed E-state index contributed by atoms with van der Waals surface area (Å²) >= 11 is 0. The van der Waals surface area contributed by atoms with Crippen LogP contribution >= 0.6 is 0 Å². The van der Waals surface area contributed by atoms with E-state index in [1.807, 2.05) is 11.8 Å². The summed E-state index contributed by atoms with van der Waals surface area (Å²) in [7, 11) is 0. The Kier molecular flexibility index (Phi) is 5.33. The molecule has 1 aliphatic heterocycles. The molecule has 2 N–H and O–H groups in total. The zero-order chi connectivity index (χ0) is 17.3. The van der Waals surface area contributed by atoms with Crippen molar-refractivity contribution in [2.24, 2.45) is 5.92 Å². The van der Waals surface area contributed by atoms with Crippen LogP contribution in [0, 0.1) is 5.92 Å². The van der Waals surface area contributed by atoms with Crippen molar-refractivity contribution in [3.8, 4) is 0 Å². The molecule has 3 unspecified atom stereocenters. The fraction of sp³-hybridized carbons (Fsp3) is 0.889. The number of carboxylic acids is 1. The van der Waals surface area contributed by atoms with Crippen molar-refractivity contribution in [1.29, 1.82) is 0 Å². The third-order valence-corrected chi connectivity index (χ3v) is 6.28. The Labute approximate surface area is 144 Å². The Morgan fingerprint density at radius 3 is 2.58 bits per heavy atom. The van der Waals surface area contributed by atoms with Gasteiger partial charge in [0.25, 0.3) is 0 Å². The second-order valence-corrected chi connectivity index (χ2v) is 7.83. The topological polar surface area (TPSA) is 72.9 Å². The second kappa shape index (κ2) is 7.30. The van der Waals surface area contributed by atoms with Crippen LogP contribution in [0.15, 0.2) is 0 Å². The molecule has 2 amide bonds. The number of nitrogens with zero attached hydrogens (tertiary/aromatic N) is 2. The van der Waals surface area contributed by atoms with E-state index in [9.17, 15) is 9.59 Å². The molecule has 0 aromatic carbocycles. The van der Waals surface area contributed by atoms with Crippen LogP contribution in [0.3, 0.4) is 0 Å². The van der Waals surface area contributed by atoms with Crippen LogP contribution in [0.2, 0.25) is 0 Å². The Morgan fingerprint density at radius 2 is 1.92 bits per heavy atom. The lowest BCUT2D eigenvalue weighted by atomic mass is 9.84. The predicted octanol–water partition coefficient (Wildman–Crippen LogP) is 2.29. The molecule has 1 saturated heterocycles. The van der Waals surface area contributed by atoms with E-state index in [-0.39, 0.29) is 24.7 Å². The van der Waals surface area contributed by atoms with Crippen LogP contribution in [0.1, 0.15) is 58.8 Å². The SMILES string of the molecule is CCN(CC(=O)O)C1CC(NC(=O)N2C(C)CC3CCCCC32)C1. The quantitative estimate of drug-likeness (QED) is 0.807. The Balaban J connectivity index is 1.49. The Bertz CT molecular complexity index is 478. The molecule has 24 heavy (non-hydrogen) atoms. The molecule has 6 nitrogen and oxygen atoms in total. The lowest BCUT2D eigenvalue weighted by Gasteiger charge is -2.43. The van der Waals surface area contributed by atoms with Crippen molar-refractivity contribution >= 4 is 12.0 Å². The number of aliphatic carboxylic acids is 1. The summed E-state index contributed by atoms with van der Waals surface area (Å²) < 4.78 is 0. The van der Waals surface area contributed by atoms with Crippen LogP contribution in [0.4, 0.5) is 4.79 Å². The molecule has 2 saturated carbocycles. The number of likely N-dealkylation sites (tertiary alicyclic amines) is 1. The molecule has 6 heteroatoms. The normalized spacial score (nSPS) is 35.5. The van der Waals surface area contributed by atoms with Gasteiger partial charge in [-0.25, -0.2) is 4.79 Å². The van der Waals surface area contributed by atoms with Gasteiger partial charge in [0.1, 0.15) is 0 Å². The molecular formula is C18H31N3O3. The number of nitrogens with one attached hydrogen (secondary N) is 1. The maximum absolute atomic E-state index is 12.7. The van der Waals surface area contributed by atoms with Crippen molar-refractivity contribution in [2.45, 2.75) is 83.0 Å². The summed E-state index contributed by atoms with van der Waals surface area (Å²) in [6.07, 6.45) is 7.84. The highest BCUT2D eigenvalue weighted by Crippen LogP contribution is 2.39. The number of carbonyl (C=O) groups excluding carboxylic acids is 1. The van der Waals surface area contributed by atoms with Gasteiger partial charge in [-0.3, -0.25) is 9.69 Å². The summed E-state index contributed by atoms with van der Waals surface area (Å²) in [5.74, 6) is -0.0849. The fourth-order valence-corrected chi connectivity index (χ4v) is 4.98. The van der Waals surface area contributed by atoms with Crippen LogP contribution < -0.4 is 5.32 Å². The van der Waals surface area contributed by atoms with Gasteiger partial charge in [0.05, 0.1) is 6.54 Å². The minimum Gasteiger partial charge on any atom is -0.480 e. The van der Waals surface area contributed by atoms with Crippen LogP contribution in [-0.4, -0.2) is 64.2 Å². The average Bonchev–Trinajstić information content (AvgIpc) is 2.84. The number of fused-ring (bicyclic) bond motifs is 1. The second-order valence-electron chi connectivity index (χ2n) is 7.83. The van der Waals surface area contributed by atoms with E-state index in [4.69, 9.17) is 5.11 Å². The third kappa shape index (κ3) is 3.53. The standard InChI is InChI=1S/C18H31N3O3/c1-3-20(11-17(22)23)15-9-14(10-15)19-18(24)21-12(2)8-13-6-4-5-7-16(13)21/h12-16H,3-11H2,1-2H3,(H,19,24)(H,22,23). The van der Waals surface area contributed by atoms with E-state index < -0.39 is 5.97 Å². The van der Waals surface area contributed by atoms with Gasteiger partial charge in [0, 0.05) is 24.2 Å². The zero-order valence-corrected chi connectivity index (χ0v) is 14.9. The van der Waals surface area contributed by atoms with E-state index in [0.717, 1.165) is 32.2 Å². The summed E-state index contributed by atoms with van der Waals surface area (Å²) in [5, 5.41) is 12.2. The van der Waals surface area contributed by atoms with E-state index in [2.05, 4.69) is 17.1 Å². The Morgan fingerprint density at radius 1 is 1.21 bits per heavy atom. The summed E-state index contributed by atoms with van der Waals surface area (Å²) in [5.41, 5.74) is 0. The predicted molar refractivity (Wildman–Crippen MR) is 91.9 cm³/mol. The highest BCUT2D eigenvalue weighted by Gasteiger charge is 2.44. The van der Waals surface area contributed by atoms with Gasteiger partial charge in [0.15, 0.2) is 0 Å². The van der Waals surface area contributed by atoms with Gasteiger partial charge in [-0.1, -0.05) is 19.8 Å². The van der Waals surface area contributed by atoms with E-state index >= 15 is 0 Å². The van der Waals surface area contributed by atoms with Crippen molar-refractivity contribution < 1.29 is 14.7 Å². The lowest BCUT2D eigenvalue weighted by molar-refractivity contribution is -0.139. The summed E-state index contributed by atoms with van der Waals surface area (Å²) in [6.45, 7) is 5.00. The largest absolute Gasteiger partial charge is 0.480 e. The monoisotopic (exact) mass is 337 g/mol. The molecular weight excluding hydrogens is 306 g/mol. The van der Waals surface area contributed by atoms with Gasteiger partial charge in [0.2, 0.25) is 0 Å². The minimum absolute atomic E-state index is 0.0920. The number of hydrogen-bond acceptors (Lipinski definition) is 3. The van der Waals surface area contributed by atoms with E-state index in [1.165, 1.54) is 19.3 Å². The number of carbonyl (C=O) groups is 2. The molecule has 3 fully saturated rings. The maximum atomic E-state index is 12.7. The molecule has 3 aliphatic rings. The highest BCUT2D eigenvalue weighted by molar-refractivity contribution is 5.76. The van der Waals surface area contributed by atoms with Crippen LogP contribution in [0.25, 0.3) is 0 Å². The third-order valence-electron chi connectivity index (χ3n) is 6.28. The molecule has 0 bridgehead atoms. The first-order chi connectivity index (χ1) is 11.5. The molecule has 136 valence electrons. The molecule has 1 heterocycles. The fourth-order valence-electron chi connectivity index (χ4n) is 4.98. The van der Waals surface area contributed by atoms with E-state index in [0.29, 0.717) is 18.0 Å². The van der Waals surface area contributed by atoms with Crippen molar-refractivity contribution in [1.82, 2.24) is 15.1 Å². The van der Waals surface area contributed by atoms with Gasteiger partial charge < -0.3 is 15.3 Å². The Hall–Kier alpha value is -1.30. The number of carboxylic acid groups (broad SMARTS) is 1.